The zero-order chi connectivity index (χ0) is 18.2. The number of nitrogens with zero attached hydrogens (tertiary/aromatic N) is 3. The fourth-order valence-electron chi connectivity index (χ4n) is 2.73. The van der Waals surface area contributed by atoms with Crippen molar-refractivity contribution in [1.82, 2.24) is 20.2 Å². The molecule has 1 atom stereocenters. The van der Waals surface area contributed by atoms with E-state index in [1.165, 1.54) is 0 Å². The summed E-state index contributed by atoms with van der Waals surface area (Å²) in [6.45, 7) is 2.94. The summed E-state index contributed by atoms with van der Waals surface area (Å²) in [5, 5.41) is 2.99. The summed E-state index contributed by atoms with van der Waals surface area (Å²) >= 11 is 0. The minimum atomic E-state index is -0.148. The minimum absolute atomic E-state index is 0.129. The zero-order valence-corrected chi connectivity index (χ0v) is 14.7. The molecule has 0 radical (unpaired) electrons. The first kappa shape index (κ1) is 17.6. The lowest BCUT2D eigenvalue weighted by molar-refractivity contribution is 0.173. The molecule has 1 N–H and O–H groups in total. The third kappa shape index (κ3) is 4.66. The van der Waals surface area contributed by atoms with Gasteiger partial charge in [-0.15, -0.1) is 0 Å². The standard InChI is InChI=1S/C21H22N4O/c1-17(20-11-5-6-13-23-20)25(16-18-8-3-2-4-9-18)21(26)24-15-19-10-7-12-22-14-19/h2-14,17H,15-16H2,1H3,(H,24,26)/t17-/m1/s1. The topological polar surface area (TPSA) is 58.1 Å². The van der Waals surface area contributed by atoms with E-state index >= 15 is 0 Å². The molecule has 0 unspecified atom stereocenters. The highest BCUT2D eigenvalue weighted by Crippen LogP contribution is 2.21. The summed E-state index contributed by atoms with van der Waals surface area (Å²) in [5.41, 5.74) is 2.90. The summed E-state index contributed by atoms with van der Waals surface area (Å²) < 4.78 is 0. The van der Waals surface area contributed by atoms with Gasteiger partial charge in [0.15, 0.2) is 0 Å². The highest BCUT2D eigenvalue weighted by molar-refractivity contribution is 5.74. The maximum Gasteiger partial charge on any atom is 0.318 e. The second kappa shape index (κ2) is 8.76. The van der Waals surface area contributed by atoms with E-state index < -0.39 is 0 Å². The van der Waals surface area contributed by atoms with Crippen molar-refractivity contribution in [1.29, 1.82) is 0 Å². The van der Waals surface area contributed by atoms with Crippen LogP contribution in [0.2, 0.25) is 0 Å². The molecule has 0 aliphatic heterocycles. The van der Waals surface area contributed by atoms with Crippen LogP contribution in [0.15, 0.2) is 79.3 Å². The van der Waals surface area contributed by atoms with Crippen LogP contribution in [0.4, 0.5) is 4.79 Å². The van der Waals surface area contributed by atoms with Gasteiger partial charge in [-0.05, 0) is 36.2 Å². The van der Waals surface area contributed by atoms with Crippen molar-refractivity contribution in [3.63, 3.8) is 0 Å². The molecule has 0 aliphatic carbocycles. The Balaban J connectivity index is 1.76. The number of hydrogen-bond acceptors (Lipinski definition) is 3. The summed E-state index contributed by atoms with van der Waals surface area (Å²) in [7, 11) is 0. The highest BCUT2D eigenvalue weighted by atomic mass is 16.2. The molecule has 2 amide bonds. The van der Waals surface area contributed by atoms with E-state index in [2.05, 4.69) is 15.3 Å². The molecule has 2 aromatic heterocycles. The lowest BCUT2D eigenvalue weighted by Gasteiger charge is -2.29. The Hall–Kier alpha value is -3.21. The molecule has 0 bridgehead atoms. The molecule has 0 fully saturated rings. The Labute approximate surface area is 153 Å². The van der Waals surface area contributed by atoms with Gasteiger partial charge < -0.3 is 10.2 Å². The molecule has 1 aromatic carbocycles. The molecule has 5 nitrogen and oxygen atoms in total. The van der Waals surface area contributed by atoms with Gasteiger partial charge in [0.25, 0.3) is 0 Å². The third-order valence-electron chi connectivity index (χ3n) is 4.21. The van der Waals surface area contributed by atoms with Crippen LogP contribution in [0, 0.1) is 0 Å². The number of pyridine rings is 2. The van der Waals surface area contributed by atoms with Crippen LogP contribution in [-0.2, 0) is 13.1 Å². The SMILES string of the molecule is C[C@H](c1ccccn1)N(Cc1ccccc1)C(=O)NCc1cccnc1. The number of carbonyl (C=O) groups excluding carboxylic acids is 1. The molecule has 0 aliphatic rings. The number of nitrogens with one attached hydrogen (secondary N) is 1. The number of hydrogen-bond donors (Lipinski definition) is 1. The van der Waals surface area contributed by atoms with Crippen molar-refractivity contribution < 1.29 is 4.79 Å². The van der Waals surface area contributed by atoms with Crippen LogP contribution in [0.25, 0.3) is 0 Å². The first-order chi connectivity index (χ1) is 12.7. The lowest BCUT2D eigenvalue weighted by Crippen LogP contribution is -2.41. The van der Waals surface area contributed by atoms with Gasteiger partial charge >= 0.3 is 6.03 Å². The van der Waals surface area contributed by atoms with Crippen LogP contribution in [0.5, 0.6) is 0 Å². The van der Waals surface area contributed by atoms with Crippen LogP contribution in [-0.4, -0.2) is 20.9 Å². The third-order valence-corrected chi connectivity index (χ3v) is 4.21. The lowest BCUT2D eigenvalue weighted by atomic mass is 10.1. The fourth-order valence-corrected chi connectivity index (χ4v) is 2.73. The second-order valence-electron chi connectivity index (χ2n) is 6.06. The summed E-state index contributed by atoms with van der Waals surface area (Å²) in [4.78, 5) is 23.2. The van der Waals surface area contributed by atoms with E-state index in [0.717, 1.165) is 16.8 Å². The van der Waals surface area contributed by atoms with E-state index in [-0.39, 0.29) is 12.1 Å². The van der Waals surface area contributed by atoms with Gasteiger partial charge in [0.1, 0.15) is 0 Å². The highest BCUT2D eigenvalue weighted by Gasteiger charge is 2.22. The van der Waals surface area contributed by atoms with Gasteiger partial charge in [0, 0.05) is 31.7 Å². The quantitative estimate of drug-likeness (QED) is 0.735. The van der Waals surface area contributed by atoms with Crippen LogP contribution >= 0.6 is 0 Å². The molecule has 5 heteroatoms. The maximum atomic E-state index is 12.9. The predicted molar refractivity (Wildman–Crippen MR) is 101 cm³/mol. The van der Waals surface area contributed by atoms with Crippen molar-refractivity contribution in [2.24, 2.45) is 0 Å². The van der Waals surface area contributed by atoms with Crippen LogP contribution in [0.1, 0.15) is 29.8 Å². The average molecular weight is 346 g/mol. The normalized spacial score (nSPS) is 11.6. The number of urea groups is 1. The van der Waals surface area contributed by atoms with E-state index in [4.69, 9.17) is 0 Å². The largest absolute Gasteiger partial charge is 0.334 e. The smallest absolute Gasteiger partial charge is 0.318 e. The van der Waals surface area contributed by atoms with Gasteiger partial charge in [-0.25, -0.2) is 4.79 Å². The molecule has 0 spiro atoms. The van der Waals surface area contributed by atoms with Crippen molar-refractivity contribution in [2.45, 2.75) is 26.1 Å². The number of carbonyl (C=O) groups is 1. The summed E-state index contributed by atoms with van der Waals surface area (Å²) in [5.74, 6) is 0. The first-order valence-corrected chi connectivity index (χ1v) is 8.62. The van der Waals surface area contributed by atoms with E-state index in [1.807, 2.05) is 67.6 Å². The predicted octanol–water partition coefficient (Wildman–Crippen LogP) is 3.95. The van der Waals surface area contributed by atoms with Crippen molar-refractivity contribution >= 4 is 6.03 Å². The van der Waals surface area contributed by atoms with Crippen LogP contribution < -0.4 is 5.32 Å². The molecule has 3 rings (SSSR count). The Morgan fingerprint density at radius 1 is 1.00 bits per heavy atom. The van der Waals surface area contributed by atoms with Gasteiger partial charge in [0.2, 0.25) is 0 Å². The maximum absolute atomic E-state index is 12.9. The Morgan fingerprint density at radius 3 is 2.46 bits per heavy atom. The van der Waals surface area contributed by atoms with Gasteiger partial charge in [-0.1, -0.05) is 42.5 Å². The van der Waals surface area contributed by atoms with E-state index in [1.54, 1.807) is 23.5 Å². The first-order valence-electron chi connectivity index (χ1n) is 8.62. The number of aromatic nitrogens is 2. The molecule has 132 valence electrons. The fraction of sp³-hybridized carbons (Fsp3) is 0.190. The number of rotatable bonds is 6. The minimum Gasteiger partial charge on any atom is -0.334 e. The summed E-state index contributed by atoms with van der Waals surface area (Å²) in [6.07, 6.45) is 5.22. The molecular formula is C21H22N4O. The monoisotopic (exact) mass is 346 g/mol. The van der Waals surface area contributed by atoms with Gasteiger partial charge in [0.05, 0.1) is 11.7 Å². The molecular weight excluding hydrogens is 324 g/mol. The van der Waals surface area contributed by atoms with Crippen molar-refractivity contribution in [3.05, 3.63) is 96.1 Å². The van der Waals surface area contributed by atoms with Gasteiger partial charge in [-0.3, -0.25) is 9.97 Å². The molecule has 0 saturated heterocycles. The Morgan fingerprint density at radius 2 is 1.77 bits per heavy atom. The van der Waals surface area contributed by atoms with Crippen molar-refractivity contribution in [3.8, 4) is 0 Å². The number of benzene rings is 1. The Kier molecular flexibility index (Phi) is 5.93. The molecule has 0 saturated carbocycles. The van der Waals surface area contributed by atoms with Gasteiger partial charge in [-0.2, -0.15) is 0 Å². The molecule has 26 heavy (non-hydrogen) atoms. The van der Waals surface area contributed by atoms with Crippen LogP contribution in [0.3, 0.4) is 0 Å². The van der Waals surface area contributed by atoms with E-state index in [0.29, 0.717) is 13.1 Å². The molecule has 3 aromatic rings. The average Bonchev–Trinajstić information content (AvgIpc) is 2.72. The second-order valence-corrected chi connectivity index (χ2v) is 6.06. The van der Waals surface area contributed by atoms with E-state index in [9.17, 15) is 4.79 Å². The zero-order valence-electron chi connectivity index (χ0n) is 14.7. The van der Waals surface area contributed by atoms with Crippen molar-refractivity contribution in [2.75, 3.05) is 0 Å². The number of amides is 2. The Bertz CT molecular complexity index is 809. The summed E-state index contributed by atoms with van der Waals surface area (Å²) in [6, 6.07) is 19.2. The molecule has 2 heterocycles.